The zero-order valence-corrected chi connectivity index (χ0v) is 21.8. The van der Waals surface area contributed by atoms with Crippen molar-refractivity contribution in [3.8, 4) is 5.75 Å². The molecule has 0 atom stereocenters. The molecule has 0 bridgehead atoms. The normalized spacial score (nSPS) is 15.3. The Hall–Kier alpha value is -1.46. The van der Waals surface area contributed by atoms with Gasteiger partial charge in [-0.15, -0.1) is 6.58 Å². The van der Waals surface area contributed by atoms with Crippen LogP contribution in [0.5, 0.6) is 5.75 Å². The quantitative estimate of drug-likeness (QED) is 0.142. The fraction of sp³-hybridized carbons (Fsp3) is 0.0952. The van der Waals surface area contributed by atoms with E-state index in [0.717, 1.165) is 9.13 Å². The zero-order chi connectivity index (χ0) is 22.7. The minimum atomic E-state index is -0.540. The molecule has 1 saturated heterocycles. The number of thiocarbonyl (C=S) groups is 1. The summed E-state index contributed by atoms with van der Waals surface area (Å²) in [5.74, 6) is -0.385. The Morgan fingerprint density at radius 3 is 2.61 bits per heavy atom. The number of hydrogen-bond acceptors (Lipinski definition) is 4. The van der Waals surface area contributed by atoms with Gasteiger partial charge in [0, 0.05) is 6.54 Å². The van der Waals surface area contributed by atoms with Crippen molar-refractivity contribution >= 4 is 96.9 Å². The molecule has 0 aliphatic carbocycles. The van der Waals surface area contributed by atoms with Gasteiger partial charge in [0.15, 0.2) is 5.11 Å². The van der Waals surface area contributed by atoms with Gasteiger partial charge in [-0.1, -0.05) is 35.3 Å². The fourth-order valence-corrected chi connectivity index (χ4v) is 5.08. The molecule has 160 valence electrons. The molecular formula is C21H14BrCl2IN2O3S. The van der Waals surface area contributed by atoms with E-state index in [4.69, 9.17) is 40.2 Å². The second-order valence-corrected chi connectivity index (χ2v) is 9.59. The second-order valence-electron chi connectivity index (χ2n) is 6.37. The number of carbonyl (C=O) groups is 2. The predicted molar refractivity (Wildman–Crippen MR) is 138 cm³/mol. The van der Waals surface area contributed by atoms with E-state index in [1.165, 1.54) is 11.0 Å². The van der Waals surface area contributed by atoms with E-state index in [-0.39, 0.29) is 17.2 Å². The highest BCUT2D eigenvalue weighted by Crippen LogP contribution is 2.34. The van der Waals surface area contributed by atoms with Crippen molar-refractivity contribution in [1.82, 2.24) is 10.2 Å². The van der Waals surface area contributed by atoms with Crippen LogP contribution in [0.1, 0.15) is 11.1 Å². The monoisotopic (exact) mass is 650 g/mol. The number of carbonyl (C=O) groups excluding carboxylic acids is 2. The molecule has 0 unspecified atom stereocenters. The Labute approximate surface area is 216 Å². The summed E-state index contributed by atoms with van der Waals surface area (Å²) in [6.45, 7) is 4.11. The Morgan fingerprint density at radius 1 is 1.23 bits per heavy atom. The van der Waals surface area contributed by atoms with Crippen LogP contribution in [0.4, 0.5) is 0 Å². The molecule has 1 N–H and O–H groups in total. The van der Waals surface area contributed by atoms with E-state index in [2.05, 4.69) is 50.4 Å². The first-order valence-corrected chi connectivity index (χ1v) is 11.8. The number of rotatable bonds is 6. The molecule has 10 heteroatoms. The molecule has 5 nitrogen and oxygen atoms in total. The largest absolute Gasteiger partial charge is 0.487 e. The maximum absolute atomic E-state index is 12.7. The van der Waals surface area contributed by atoms with Crippen LogP contribution in [-0.2, 0) is 16.2 Å². The van der Waals surface area contributed by atoms with Crippen LogP contribution < -0.4 is 10.1 Å². The maximum atomic E-state index is 12.7. The molecule has 1 aliphatic rings. The van der Waals surface area contributed by atoms with Gasteiger partial charge < -0.3 is 4.74 Å². The van der Waals surface area contributed by atoms with Crippen LogP contribution in [0.25, 0.3) is 6.08 Å². The third kappa shape index (κ3) is 5.67. The van der Waals surface area contributed by atoms with Gasteiger partial charge in [-0.25, -0.2) is 0 Å². The van der Waals surface area contributed by atoms with Crippen molar-refractivity contribution in [2.45, 2.75) is 6.61 Å². The van der Waals surface area contributed by atoms with E-state index in [1.54, 1.807) is 24.3 Å². The van der Waals surface area contributed by atoms with E-state index in [9.17, 15) is 9.59 Å². The summed E-state index contributed by atoms with van der Waals surface area (Å²) in [7, 11) is 0. The van der Waals surface area contributed by atoms with Crippen LogP contribution in [-0.4, -0.2) is 28.4 Å². The number of hydrogen-bond donors (Lipinski definition) is 1. The first-order valence-electron chi connectivity index (χ1n) is 8.76. The van der Waals surface area contributed by atoms with Crippen LogP contribution >= 0.6 is 73.9 Å². The molecular weight excluding hydrogens is 638 g/mol. The molecule has 1 heterocycles. The lowest BCUT2D eigenvalue weighted by molar-refractivity contribution is -0.128. The SMILES string of the molecule is C=CCN1C(=O)/C(=C/c2cc(Br)c(OCc3ccc(Cl)c(Cl)c3)c(I)c2)C(=O)NC1=S. The number of amides is 2. The number of halogens is 4. The summed E-state index contributed by atoms with van der Waals surface area (Å²) in [5.41, 5.74) is 1.51. The molecule has 31 heavy (non-hydrogen) atoms. The molecule has 2 aromatic carbocycles. The summed E-state index contributed by atoms with van der Waals surface area (Å²) >= 11 is 22.7. The van der Waals surface area contributed by atoms with Gasteiger partial charge in [0.05, 0.1) is 18.1 Å². The Bertz CT molecular complexity index is 1120. The molecule has 0 aromatic heterocycles. The van der Waals surface area contributed by atoms with E-state index in [0.29, 0.717) is 32.4 Å². The van der Waals surface area contributed by atoms with Crippen molar-refractivity contribution in [2.24, 2.45) is 0 Å². The molecule has 2 aromatic rings. The number of nitrogens with one attached hydrogen (secondary N) is 1. The highest BCUT2D eigenvalue weighted by Gasteiger charge is 2.32. The summed E-state index contributed by atoms with van der Waals surface area (Å²) in [4.78, 5) is 26.3. The number of nitrogens with zero attached hydrogens (tertiary/aromatic N) is 1. The zero-order valence-electron chi connectivity index (χ0n) is 15.8. The van der Waals surface area contributed by atoms with Crippen LogP contribution in [0, 0.1) is 3.57 Å². The first kappa shape index (κ1) is 24.2. The van der Waals surface area contributed by atoms with E-state index >= 15 is 0 Å². The molecule has 1 fully saturated rings. The maximum Gasteiger partial charge on any atom is 0.265 e. The van der Waals surface area contributed by atoms with Gasteiger partial charge in [0.1, 0.15) is 17.9 Å². The summed E-state index contributed by atoms with van der Waals surface area (Å²) in [6.07, 6.45) is 3.06. The van der Waals surface area contributed by atoms with Crippen LogP contribution in [0.15, 0.2) is 53.0 Å². The van der Waals surface area contributed by atoms with Crippen molar-refractivity contribution in [1.29, 1.82) is 0 Å². The average molecular weight is 652 g/mol. The summed E-state index contributed by atoms with van der Waals surface area (Å²) < 4.78 is 7.41. The third-order valence-corrected chi connectivity index (χ3v) is 6.65. The van der Waals surface area contributed by atoms with Crippen LogP contribution in [0.3, 0.4) is 0 Å². The highest BCUT2D eigenvalue weighted by atomic mass is 127. The Balaban J connectivity index is 1.84. The molecule has 3 rings (SSSR count). The van der Waals surface area contributed by atoms with Crippen molar-refractivity contribution in [2.75, 3.05) is 6.54 Å². The van der Waals surface area contributed by atoms with Crippen LogP contribution in [0.2, 0.25) is 10.0 Å². The van der Waals surface area contributed by atoms with Gasteiger partial charge in [-0.05, 0) is 92.2 Å². The lowest BCUT2D eigenvalue weighted by Crippen LogP contribution is -2.53. The fourth-order valence-electron chi connectivity index (χ4n) is 2.74. The van der Waals surface area contributed by atoms with Gasteiger partial charge in [0.2, 0.25) is 0 Å². The van der Waals surface area contributed by atoms with Crippen molar-refractivity contribution in [3.05, 3.63) is 77.8 Å². The molecule has 0 radical (unpaired) electrons. The first-order chi connectivity index (χ1) is 14.7. The molecule has 2 amide bonds. The van der Waals surface area contributed by atoms with Crippen molar-refractivity contribution in [3.63, 3.8) is 0 Å². The number of benzene rings is 2. The topological polar surface area (TPSA) is 58.6 Å². The molecule has 0 spiro atoms. The number of ether oxygens (including phenoxy) is 1. The Kier molecular flexibility index (Phi) is 8.14. The lowest BCUT2D eigenvalue weighted by Gasteiger charge is -2.27. The summed E-state index contributed by atoms with van der Waals surface area (Å²) in [6, 6.07) is 8.88. The third-order valence-electron chi connectivity index (χ3n) is 4.20. The van der Waals surface area contributed by atoms with E-state index in [1.807, 2.05) is 12.1 Å². The van der Waals surface area contributed by atoms with Gasteiger partial charge in [0.25, 0.3) is 11.8 Å². The van der Waals surface area contributed by atoms with Crippen molar-refractivity contribution < 1.29 is 14.3 Å². The van der Waals surface area contributed by atoms with Gasteiger partial charge in [-0.3, -0.25) is 19.8 Å². The standard InChI is InChI=1S/C21H14BrCl2IN2O3S/c1-2-5-27-20(29)13(19(28)26-21(27)31)6-12-7-14(22)18(17(25)9-12)30-10-11-3-4-15(23)16(24)8-11/h2-4,6-9H,1,5,10H2,(H,26,28,31)/b13-6+. The summed E-state index contributed by atoms with van der Waals surface area (Å²) in [5, 5.41) is 3.53. The minimum absolute atomic E-state index is 0.0115. The molecule has 0 saturated carbocycles. The van der Waals surface area contributed by atoms with Gasteiger partial charge >= 0.3 is 0 Å². The smallest absolute Gasteiger partial charge is 0.265 e. The second kappa shape index (κ2) is 10.4. The average Bonchev–Trinajstić information content (AvgIpc) is 2.70. The van der Waals surface area contributed by atoms with Gasteiger partial charge in [-0.2, -0.15) is 0 Å². The lowest BCUT2D eigenvalue weighted by atomic mass is 10.1. The molecule has 1 aliphatic heterocycles. The predicted octanol–water partition coefficient (Wildman–Crippen LogP) is 5.75. The van der Waals surface area contributed by atoms with E-state index < -0.39 is 11.8 Å². The Morgan fingerprint density at radius 2 is 1.97 bits per heavy atom. The minimum Gasteiger partial charge on any atom is -0.487 e. The highest BCUT2D eigenvalue weighted by molar-refractivity contribution is 14.1.